The van der Waals surface area contributed by atoms with Gasteiger partial charge in [-0.05, 0) is 48.4 Å². The van der Waals surface area contributed by atoms with Crippen LogP contribution in [0.1, 0.15) is 23.6 Å². The van der Waals surface area contributed by atoms with Crippen LogP contribution in [0.5, 0.6) is 0 Å². The molecule has 8 heteroatoms. The van der Waals surface area contributed by atoms with Crippen LogP contribution in [-0.2, 0) is 12.6 Å². The second-order valence-corrected chi connectivity index (χ2v) is 6.32. The third-order valence-electron chi connectivity index (χ3n) is 4.39. The number of rotatable bonds is 5. The predicted molar refractivity (Wildman–Crippen MR) is 105 cm³/mol. The van der Waals surface area contributed by atoms with Crippen molar-refractivity contribution < 1.29 is 13.2 Å². The van der Waals surface area contributed by atoms with E-state index >= 15 is 0 Å². The van der Waals surface area contributed by atoms with E-state index in [0.717, 1.165) is 18.2 Å². The molecule has 0 aliphatic heterocycles. The lowest BCUT2D eigenvalue weighted by molar-refractivity contribution is -0.137. The molecule has 0 aliphatic rings. The minimum absolute atomic E-state index is 0.0229. The Hall–Kier alpha value is -3.60. The second kappa shape index (κ2) is 8.19. The number of nitriles is 1. The highest BCUT2D eigenvalue weighted by molar-refractivity contribution is 5.65. The van der Waals surface area contributed by atoms with E-state index in [2.05, 4.69) is 15.3 Å². The Morgan fingerprint density at radius 3 is 2.28 bits per heavy atom. The monoisotopic (exact) mass is 397 g/mol. The number of aromatic nitrogens is 2. The number of hydrogen-bond acceptors (Lipinski definition) is 5. The highest BCUT2D eigenvalue weighted by Gasteiger charge is 2.36. The van der Waals surface area contributed by atoms with Crippen LogP contribution in [0.2, 0.25) is 0 Å². The molecule has 0 fully saturated rings. The van der Waals surface area contributed by atoms with Crippen LogP contribution in [0.4, 0.5) is 36.3 Å². The number of nitrogens with one attached hydrogen (secondary N) is 1. The van der Waals surface area contributed by atoms with Crippen LogP contribution in [0.25, 0.3) is 0 Å². The molecule has 0 amide bonds. The van der Waals surface area contributed by atoms with Crippen molar-refractivity contribution in [1.29, 1.82) is 5.26 Å². The molecule has 0 atom stereocenters. The molecule has 2 aromatic carbocycles. The molecule has 0 bridgehead atoms. The normalized spacial score (nSPS) is 11.0. The number of alkyl halides is 3. The summed E-state index contributed by atoms with van der Waals surface area (Å²) in [5.41, 5.74) is 1.77. The molecular formula is C21H18F3N5. The Labute approximate surface area is 166 Å². The summed E-state index contributed by atoms with van der Waals surface area (Å²) in [6.45, 7) is 2.01. The molecule has 0 unspecified atom stereocenters. The van der Waals surface area contributed by atoms with Crippen LogP contribution in [0.15, 0.2) is 54.7 Å². The first-order valence-corrected chi connectivity index (χ1v) is 8.86. The van der Waals surface area contributed by atoms with Gasteiger partial charge in [0.25, 0.3) is 0 Å². The summed E-state index contributed by atoms with van der Waals surface area (Å²) in [6, 6.07) is 15.7. The lowest BCUT2D eigenvalue weighted by Crippen LogP contribution is -2.19. The van der Waals surface area contributed by atoms with Crippen molar-refractivity contribution in [2.24, 2.45) is 0 Å². The molecule has 3 rings (SSSR count). The third kappa shape index (κ3) is 4.63. The number of benzene rings is 2. The van der Waals surface area contributed by atoms with Crippen LogP contribution < -0.4 is 10.2 Å². The van der Waals surface area contributed by atoms with Gasteiger partial charge in [-0.3, -0.25) is 0 Å². The van der Waals surface area contributed by atoms with Crippen molar-refractivity contribution in [3.05, 3.63) is 71.4 Å². The van der Waals surface area contributed by atoms with Gasteiger partial charge in [0.15, 0.2) is 5.82 Å². The lowest BCUT2D eigenvalue weighted by atomic mass is 10.1. The molecule has 1 N–H and O–H groups in total. The zero-order valence-corrected chi connectivity index (χ0v) is 15.8. The van der Waals surface area contributed by atoms with Crippen LogP contribution in [0, 0.1) is 11.3 Å². The number of anilines is 4. The average Bonchev–Trinajstić information content (AvgIpc) is 2.73. The van der Waals surface area contributed by atoms with Gasteiger partial charge in [-0.1, -0.05) is 19.1 Å². The van der Waals surface area contributed by atoms with Crippen molar-refractivity contribution >= 4 is 23.1 Å². The fraction of sp³-hybridized carbons (Fsp3) is 0.190. The Kier molecular flexibility index (Phi) is 5.69. The summed E-state index contributed by atoms with van der Waals surface area (Å²) < 4.78 is 40.6. The van der Waals surface area contributed by atoms with Crippen LogP contribution in [0.3, 0.4) is 0 Å². The van der Waals surface area contributed by atoms with E-state index in [1.807, 2.05) is 25.1 Å². The molecule has 1 aromatic heterocycles. The lowest BCUT2D eigenvalue weighted by Gasteiger charge is -2.23. The van der Waals surface area contributed by atoms with Crippen LogP contribution in [-0.4, -0.2) is 17.0 Å². The molecule has 3 aromatic rings. The van der Waals surface area contributed by atoms with E-state index in [9.17, 15) is 13.2 Å². The van der Waals surface area contributed by atoms with Gasteiger partial charge < -0.3 is 10.2 Å². The minimum atomic E-state index is -4.60. The van der Waals surface area contributed by atoms with Gasteiger partial charge in [0, 0.05) is 24.6 Å². The maximum Gasteiger partial charge on any atom is 0.421 e. The second-order valence-electron chi connectivity index (χ2n) is 6.32. The first-order valence-electron chi connectivity index (χ1n) is 8.86. The van der Waals surface area contributed by atoms with Gasteiger partial charge in [-0.25, -0.2) is 4.98 Å². The van der Waals surface area contributed by atoms with E-state index in [1.165, 1.54) is 11.9 Å². The summed E-state index contributed by atoms with van der Waals surface area (Å²) in [5.74, 6) is -0.234. The number of nitrogens with zero attached hydrogens (tertiary/aromatic N) is 4. The zero-order valence-electron chi connectivity index (χ0n) is 15.8. The smallest absolute Gasteiger partial charge is 0.329 e. The molecule has 0 saturated carbocycles. The van der Waals surface area contributed by atoms with Gasteiger partial charge in [0.1, 0.15) is 5.56 Å². The first kappa shape index (κ1) is 20.1. The standard InChI is InChI=1S/C21H18F3N5/c1-3-14-6-10-17(11-7-14)29(2)19-18(21(22,23)24)13-26-20(28-19)27-16-8-4-15(12-25)5-9-16/h4-11,13H,3H2,1-2H3,(H,26,27,28). The van der Waals surface area contributed by atoms with Gasteiger partial charge in [-0.2, -0.15) is 23.4 Å². The summed E-state index contributed by atoms with van der Waals surface area (Å²) in [6.07, 6.45) is -2.99. The minimum Gasteiger partial charge on any atom is -0.329 e. The summed E-state index contributed by atoms with van der Waals surface area (Å²) in [4.78, 5) is 9.31. The molecule has 0 radical (unpaired) electrons. The predicted octanol–water partition coefficient (Wildman–Crippen LogP) is 5.44. The average molecular weight is 397 g/mol. The Balaban J connectivity index is 1.97. The fourth-order valence-electron chi connectivity index (χ4n) is 2.72. The van der Waals surface area contributed by atoms with Crippen molar-refractivity contribution in [2.45, 2.75) is 19.5 Å². The molecule has 0 saturated heterocycles. The van der Waals surface area contributed by atoms with E-state index in [4.69, 9.17) is 5.26 Å². The summed E-state index contributed by atoms with van der Waals surface area (Å²) in [5, 5.41) is 11.7. The van der Waals surface area contributed by atoms with Crippen molar-refractivity contribution in [2.75, 3.05) is 17.3 Å². The van der Waals surface area contributed by atoms with Gasteiger partial charge in [-0.15, -0.1) is 0 Å². The van der Waals surface area contributed by atoms with Crippen molar-refractivity contribution in [3.8, 4) is 6.07 Å². The Bertz CT molecular complexity index is 1020. The maximum absolute atomic E-state index is 13.5. The highest BCUT2D eigenvalue weighted by Crippen LogP contribution is 2.37. The number of aryl methyl sites for hydroxylation is 1. The highest BCUT2D eigenvalue weighted by atomic mass is 19.4. The topological polar surface area (TPSA) is 64.8 Å². The largest absolute Gasteiger partial charge is 0.421 e. The molecule has 0 spiro atoms. The molecule has 0 aliphatic carbocycles. The third-order valence-corrected chi connectivity index (χ3v) is 4.39. The number of hydrogen-bond donors (Lipinski definition) is 1. The van der Waals surface area contributed by atoms with Crippen LogP contribution >= 0.6 is 0 Å². The molecule has 5 nitrogen and oxygen atoms in total. The van der Waals surface area contributed by atoms with Gasteiger partial charge in [0.2, 0.25) is 5.95 Å². The van der Waals surface area contributed by atoms with Gasteiger partial charge >= 0.3 is 6.18 Å². The van der Waals surface area contributed by atoms with E-state index < -0.39 is 11.7 Å². The van der Waals surface area contributed by atoms with Gasteiger partial charge in [0.05, 0.1) is 11.6 Å². The Morgan fingerprint density at radius 2 is 1.72 bits per heavy atom. The summed E-state index contributed by atoms with van der Waals surface area (Å²) >= 11 is 0. The van der Waals surface area contributed by atoms with E-state index in [1.54, 1.807) is 36.4 Å². The Morgan fingerprint density at radius 1 is 1.07 bits per heavy atom. The first-order chi connectivity index (χ1) is 13.8. The van der Waals surface area contributed by atoms with E-state index in [0.29, 0.717) is 16.9 Å². The zero-order chi connectivity index (χ0) is 21.0. The molecular weight excluding hydrogens is 379 g/mol. The quantitative estimate of drug-likeness (QED) is 0.621. The molecule has 1 heterocycles. The SMILES string of the molecule is CCc1ccc(N(C)c2nc(Nc3ccc(C#N)cc3)ncc2C(F)(F)F)cc1. The summed E-state index contributed by atoms with van der Waals surface area (Å²) in [7, 11) is 1.53. The molecule has 148 valence electrons. The molecule has 29 heavy (non-hydrogen) atoms. The van der Waals surface area contributed by atoms with Crippen molar-refractivity contribution in [3.63, 3.8) is 0 Å². The fourth-order valence-corrected chi connectivity index (χ4v) is 2.72. The number of halogens is 3. The maximum atomic E-state index is 13.5. The van der Waals surface area contributed by atoms with E-state index in [-0.39, 0.29) is 11.8 Å². The van der Waals surface area contributed by atoms with Crippen molar-refractivity contribution in [1.82, 2.24) is 9.97 Å².